The van der Waals surface area contributed by atoms with Gasteiger partial charge in [0.2, 0.25) is 5.88 Å². The number of alkyl halides is 3. The number of halogens is 4. The van der Waals surface area contributed by atoms with E-state index in [1.807, 2.05) is 6.92 Å². The molecule has 0 aliphatic rings. The zero-order valence-corrected chi connectivity index (χ0v) is 20.3. The molecular formula is C28H20F4N4O2. The van der Waals surface area contributed by atoms with E-state index in [-0.39, 0.29) is 16.7 Å². The van der Waals surface area contributed by atoms with Crippen molar-refractivity contribution in [3.8, 4) is 28.6 Å². The predicted molar refractivity (Wildman–Crippen MR) is 134 cm³/mol. The summed E-state index contributed by atoms with van der Waals surface area (Å²) in [5.41, 5.74) is 0.641. The van der Waals surface area contributed by atoms with Gasteiger partial charge in [0.25, 0.3) is 5.56 Å². The number of hydrogen-bond donors (Lipinski definition) is 0. The number of nitrogens with zero attached hydrogens (tertiary/aromatic N) is 4. The molecule has 0 saturated carbocycles. The molecule has 0 aliphatic carbocycles. The Morgan fingerprint density at radius 3 is 2.47 bits per heavy atom. The van der Waals surface area contributed by atoms with Crippen molar-refractivity contribution in [1.29, 1.82) is 0 Å². The smallest absolute Gasteiger partial charge is 0.421 e. The summed E-state index contributed by atoms with van der Waals surface area (Å²) in [5, 5.41) is 0.100. The lowest BCUT2D eigenvalue weighted by Gasteiger charge is -2.19. The van der Waals surface area contributed by atoms with Gasteiger partial charge in [0, 0.05) is 24.4 Å². The first-order valence-electron chi connectivity index (χ1n) is 11.6. The number of benzene rings is 2. The molecule has 3 heterocycles. The van der Waals surface area contributed by atoms with Gasteiger partial charge in [-0.3, -0.25) is 14.3 Å². The molecule has 0 amide bonds. The molecule has 10 heteroatoms. The van der Waals surface area contributed by atoms with Gasteiger partial charge in [-0.1, -0.05) is 13.0 Å². The van der Waals surface area contributed by atoms with E-state index in [0.717, 1.165) is 17.7 Å². The molecule has 6 nitrogen and oxygen atoms in total. The minimum atomic E-state index is -4.67. The minimum absolute atomic E-state index is 0.0209. The minimum Gasteiger partial charge on any atom is -0.438 e. The monoisotopic (exact) mass is 520 g/mol. The molecule has 0 atom stereocenters. The number of aryl methyl sites for hydroxylation is 2. The highest BCUT2D eigenvalue weighted by Gasteiger charge is 2.35. The molecule has 0 spiro atoms. The molecule has 0 unspecified atom stereocenters. The number of pyridine rings is 2. The van der Waals surface area contributed by atoms with Crippen molar-refractivity contribution in [2.75, 3.05) is 0 Å². The number of hydrogen-bond acceptors (Lipinski definition) is 5. The first-order chi connectivity index (χ1) is 18.2. The SMILES string of the molecule is CCc1nc(=O)c2cc(Oc3ncccc3C(F)(F)F)ccc2n1-c1cccnc1-c1ccc(C)cc1F. The molecule has 192 valence electrons. The zero-order valence-electron chi connectivity index (χ0n) is 20.3. The summed E-state index contributed by atoms with van der Waals surface area (Å²) in [6.07, 6.45) is -1.58. The van der Waals surface area contributed by atoms with Gasteiger partial charge in [0.15, 0.2) is 0 Å². The van der Waals surface area contributed by atoms with Crippen LogP contribution >= 0.6 is 0 Å². The third-order valence-electron chi connectivity index (χ3n) is 5.94. The summed E-state index contributed by atoms with van der Waals surface area (Å²) in [6, 6.07) is 14.6. The molecular weight excluding hydrogens is 500 g/mol. The summed E-state index contributed by atoms with van der Waals surface area (Å²) in [7, 11) is 0. The maximum Gasteiger partial charge on any atom is 0.421 e. The molecule has 0 N–H and O–H groups in total. The van der Waals surface area contributed by atoms with Gasteiger partial charge in [-0.25, -0.2) is 9.37 Å². The Balaban J connectivity index is 1.70. The molecule has 0 radical (unpaired) electrons. The van der Waals surface area contributed by atoms with Crippen LogP contribution in [0.1, 0.15) is 23.9 Å². The van der Waals surface area contributed by atoms with Gasteiger partial charge in [0.05, 0.1) is 22.3 Å². The summed E-state index contributed by atoms with van der Waals surface area (Å²) < 4.78 is 62.3. The van der Waals surface area contributed by atoms with Crippen LogP contribution in [0.3, 0.4) is 0 Å². The second-order valence-electron chi connectivity index (χ2n) is 8.51. The predicted octanol–water partition coefficient (Wildman–Crippen LogP) is 6.66. The van der Waals surface area contributed by atoms with Crippen molar-refractivity contribution in [1.82, 2.24) is 19.5 Å². The van der Waals surface area contributed by atoms with Crippen molar-refractivity contribution >= 4 is 10.9 Å². The van der Waals surface area contributed by atoms with E-state index in [1.54, 1.807) is 48.0 Å². The summed E-state index contributed by atoms with van der Waals surface area (Å²) >= 11 is 0. The van der Waals surface area contributed by atoms with Crippen molar-refractivity contribution in [2.45, 2.75) is 26.4 Å². The van der Waals surface area contributed by atoms with Crippen molar-refractivity contribution < 1.29 is 22.3 Å². The molecule has 5 rings (SSSR count). The van der Waals surface area contributed by atoms with Gasteiger partial charge >= 0.3 is 6.18 Å². The van der Waals surface area contributed by atoms with Crippen LogP contribution in [0, 0.1) is 12.7 Å². The Morgan fingerprint density at radius 2 is 1.74 bits per heavy atom. The average molecular weight is 520 g/mol. The fourth-order valence-electron chi connectivity index (χ4n) is 4.21. The highest BCUT2D eigenvalue weighted by atomic mass is 19.4. The van der Waals surface area contributed by atoms with Crippen LogP contribution in [0.25, 0.3) is 27.8 Å². The lowest BCUT2D eigenvalue weighted by molar-refractivity contribution is -0.138. The molecule has 3 aromatic heterocycles. The Kier molecular flexibility index (Phi) is 6.40. The molecule has 0 aliphatic heterocycles. The Morgan fingerprint density at radius 1 is 0.974 bits per heavy atom. The molecule has 5 aromatic rings. The summed E-state index contributed by atoms with van der Waals surface area (Å²) in [4.78, 5) is 25.3. The lowest BCUT2D eigenvalue weighted by Crippen LogP contribution is -2.18. The third-order valence-corrected chi connectivity index (χ3v) is 5.94. The summed E-state index contributed by atoms with van der Waals surface area (Å²) in [6.45, 7) is 3.60. The average Bonchev–Trinajstić information content (AvgIpc) is 2.89. The normalized spacial score (nSPS) is 11.6. The van der Waals surface area contributed by atoms with Crippen LogP contribution in [0.2, 0.25) is 0 Å². The van der Waals surface area contributed by atoms with E-state index in [9.17, 15) is 22.4 Å². The van der Waals surface area contributed by atoms with Crippen molar-refractivity contribution in [3.05, 3.63) is 106 Å². The maximum absolute atomic E-state index is 15.0. The molecule has 0 saturated heterocycles. The van der Waals surface area contributed by atoms with Crippen molar-refractivity contribution in [2.24, 2.45) is 0 Å². The van der Waals surface area contributed by atoms with Gasteiger partial charge < -0.3 is 4.74 Å². The lowest BCUT2D eigenvalue weighted by atomic mass is 10.1. The molecule has 0 bridgehead atoms. The fraction of sp³-hybridized carbons (Fsp3) is 0.143. The van der Waals surface area contributed by atoms with Gasteiger partial charge in [0.1, 0.15) is 23.0 Å². The van der Waals surface area contributed by atoms with Gasteiger partial charge in [-0.15, -0.1) is 0 Å². The Bertz CT molecular complexity index is 1730. The highest BCUT2D eigenvalue weighted by molar-refractivity contribution is 5.83. The van der Waals surface area contributed by atoms with E-state index in [4.69, 9.17) is 4.74 Å². The van der Waals surface area contributed by atoms with E-state index in [0.29, 0.717) is 29.1 Å². The van der Waals surface area contributed by atoms with E-state index in [2.05, 4.69) is 15.0 Å². The van der Waals surface area contributed by atoms with Crippen LogP contribution in [-0.4, -0.2) is 19.5 Å². The second kappa shape index (κ2) is 9.70. The van der Waals surface area contributed by atoms with E-state index < -0.39 is 29.0 Å². The standard InChI is InChI=1S/C28H20F4N4O2/c1-3-24-35-26(37)19-15-17(38-27-20(28(30,31)32)6-4-13-34-27)9-11-22(19)36(24)23-7-5-12-33-25(23)18-10-8-16(2)14-21(18)29/h4-15H,3H2,1-2H3. The topological polar surface area (TPSA) is 69.9 Å². The van der Waals surface area contributed by atoms with Crippen LogP contribution in [-0.2, 0) is 12.6 Å². The quantitative estimate of drug-likeness (QED) is 0.242. The first-order valence-corrected chi connectivity index (χ1v) is 11.6. The summed E-state index contributed by atoms with van der Waals surface area (Å²) in [5.74, 6) is -0.704. The molecule has 38 heavy (non-hydrogen) atoms. The molecule has 2 aromatic carbocycles. The van der Waals surface area contributed by atoms with E-state index in [1.165, 1.54) is 24.4 Å². The van der Waals surface area contributed by atoms with Crippen LogP contribution in [0.15, 0.2) is 77.9 Å². The first kappa shape index (κ1) is 25.1. The number of aromatic nitrogens is 4. The number of rotatable bonds is 5. The Hall–Kier alpha value is -4.60. The fourth-order valence-corrected chi connectivity index (χ4v) is 4.21. The third kappa shape index (κ3) is 4.60. The van der Waals surface area contributed by atoms with Gasteiger partial charge in [-0.2, -0.15) is 18.2 Å². The number of ether oxygens (including phenoxy) is 1. The van der Waals surface area contributed by atoms with E-state index >= 15 is 0 Å². The number of fused-ring (bicyclic) bond motifs is 1. The highest BCUT2D eigenvalue weighted by Crippen LogP contribution is 2.37. The zero-order chi connectivity index (χ0) is 27.0. The van der Waals surface area contributed by atoms with Gasteiger partial charge in [-0.05, 0) is 67.1 Å². The van der Waals surface area contributed by atoms with Crippen LogP contribution in [0.4, 0.5) is 17.6 Å². The molecule has 0 fully saturated rings. The Labute approximate surface area is 214 Å². The van der Waals surface area contributed by atoms with Crippen LogP contribution < -0.4 is 10.3 Å². The van der Waals surface area contributed by atoms with Crippen LogP contribution in [0.5, 0.6) is 11.6 Å². The second-order valence-corrected chi connectivity index (χ2v) is 8.51. The maximum atomic E-state index is 15.0. The largest absolute Gasteiger partial charge is 0.438 e. The van der Waals surface area contributed by atoms with Crippen molar-refractivity contribution in [3.63, 3.8) is 0 Å².